The molecule has 0 bridgehead atoms. The molecule has 0 amide bonds. The predicted molar refractivity (Wildman–Crippen MR) is 80.1 cm³/mol. The molecule has 0 radical (unpaired) electrons. The fourth-order valence-corrected chi connectivity index (χ4v) is 2.96. The smallest absolute Gasteiger partial charge is 0.356 e. The summed E-state index contributed by atoms with van der Waals surface area (Å²) >= 11 is 0. The number of aromatic hydroxyl groups is 1. The maximum atomic E-state index is 11.8. The molecule has 0 spiro atoms. The van der Waals surface area contributed by atoms with Crippen molar-refractivity contribution in [1.29, 1.82) is 0 Å². The van der Waals surface area contributed by atoms with E-state index in [2.05, 4.69) is 4.98 Å². The van der Waals surface area contributed by atoms with Crippen LogP contribution in [0.15, 0.2) is 24.3 Å². The van der Waals surface area contributed by atoms with Gasteiger partial charge in [0.05, 0.1) is 24.3 Å². The van der Waals surface area contributed by atoms with Gasteiger partial charge in [0.25, 0.3) is 0 Å². The van der Waals surface area contributed by atoms with Crippen molar-refractivity contribution < 1.29 is 24.5 Å². The highest BCUT2D eigenvalue weighted by Crippen LogP contribution is 2.34. The van der Waals surface area contributed by atoms with Crippen LogP contribution in [-0.2, 0) is 22.5 Å². The normalized spacial score (nSPS) is 16.7. The second kappa shape index (κ2) is 5.75. The summed E-state index contributed by atoms with van der Waals surface area (Å²) in [5.41, 5.74) is 0.967. The zero-order valence-corrected chi connectivity index (χ0v) is 12.5. The fraction of sp³-hybridized carbons (Fsp3) is 0.312. The summed E-state index contributed by atoms with van der Waals surface area (Å²) in [6, 6.07) is 6.59. The topological polar surface area (TPSA) is 102 Å². The monoisotopic (exact) mass is 316 g/mol. The number of fused-ring (bicyclic) bond motifs is 1. The molecule has 3 rings (SSSR count). The van der Waals surface area contributed by atoms with Crippen molar-refractivity contribution in [3.8, 4) is 17.1 Å². The molecule has 1 aromatic heterocycles. The van der Waals surface area contributed by atoms with Crippen molar-refractivity contribution in [2.24, 2.45) is 5.92 Å². The Balaban J connectivity index is 2.13. The molecule has 0 saturated carbocycles. The lowest BCUT2D eigenvalue weighted by molar-refractivity contribution is -0.146. The number of aromatic nitrogens is 2. The average molecular weight is 316 g/mol. The lowest BCUT2D eigenvalue weighted by Crippen LogP contribution is -2.28. The first-order valence-electron chi connectivity index (χ1n) is 7.21. The van der Waals surface area contributed by atoms with Gasteiger partial charge < -0.3 is 19.5 Å². The molecule has 120 valence electrons. The molecule has 1 atom stereocenters. The van der Waals surface area contributed by atoms with Gasteiger partial charge in [0.15, 0.2) is 5.69 Å². The van der Waals surface area contributed by atoms with E-state index in [1.54, 1.807) is 22.8 Å². The lowest BCUT2D eigenvalue weighted by atomic mass is 9.97. The van der Waals surface area contributed by atoms with Gasteiger partial charge in [0.1, 0.15) is 11.6 Å². The Kier molecular flexibility index (Phi) is 3.77. The van der Waals surface area contributed by atoms with E-state index in [-0.39, 0.29) is 29.9 Å². The SMILES string of the molecule is COC(=O)C1CCc2c(C(=O)O)nc(-c3ccccc3O)n2C1. The molecule has 0 saturated heterocycles. The van der Waals surface area contributed by atoms with E-state index in [0.717, 1.165) is 0 Å². The summed E-state index contributed by atoms with van der Waals surface area (Å²) in [4.78, 5) is 27.4. The van der Waals surface area contributed by atoms with E-state index < -0.39 is 5.97 Å². The Morgan fingerprint density at radius 3 is 2.74 bits per heavy atom. The van der Waals surface area contributed by atoms with Crippen LogP contribution in [0, 0.1) is 5.92 Å². The van der Waals surface area contributed by atoms with Crippen LogP contribution in [0.4, 0.5) is 0 Å². The van der Waals surface area contributed by atoms with Crippen LogP contribution in [0.3, 0.4) is 0 Å². The van der Waals surface area contributed by atoms with Gasteiger partial charge >= 0.3 is 11.9 Å². The number of para-hydroxylation sites is 1. The molecule has 1 unspecified atom stereocenters. The van der Waals surface area contributed by atoms with Crippen molar-refractivity contribution in [3.05, 3.63) is 35.7 Å². The van der Waals surface area contributed by atoms with Crippen molar-refractivity contribution in [3.63, 3.8) is 0 Å². The van der Waals surface area contributed by atoms with Crippen molar-refractivity contribution >= 4 is 11.9 Å². The number of nitrogens with zero attached hydrogens (tertiary/aromatic N) is 2. The minimum absolute atomic E-state index is 0.0115. The van der Waals surface area contributed by atoms with E-state index >= 15 is 0 Å². The third-order valence-corrected chi connectivity index (χ3v) is 4.09. The van der Waals surface area contributed by atoms with Crippen molar-refractivity contribution in [2.75, 3.05) is 7.11 Å². The molecule has 2 heterocycles. The highest BCUT2D eigenvalue weighted by Gasteiger charge is 2.32. The summed E-state index contributed by atoms with van der Waals surface area (Å²) in [5.74, 6) is -1.44. The minimum Gasteiger partial charge on any atom is -0.507 e. The van der Waals surface area contributed by atoms with Crippen molar-refractivity contribution in [2.45, 2.75) is 19.4 Å². The third-order valence-electron chi connectivity index (χ3n) is 4.09. The number of imidazole rings is 1. The van der Waals surface area contributed by atoms with Gasteiger partial charge in [-0.2, -0.15) is 0 Å². The van der Waals surface area contributed by atoms with Crippen LogP contribution in [0.2, 0.25) is 0 Å². The molecule has 1 aliphatic rings. The maximum Gasteiger partial charge on any atom is 0.356 e. The molecule has 1 aliphatic heterocycles. The molecule has 7 nitrogen and oxygen atoms in total. The van der Waals surface area contributed by atoms with Crippen molar-refractivity contribution in [1.82, 2.24) is 9.55 Å². The molecule has 23 heavy (non-hydrogen) atoms. The summed E-state index contributed by atoms with van der Waals surface area (Å²) < 4.78 is 6.49. The first-order chi connectivity index (χ1) is 11.0. The summed E-state index contributed by atoms with van der Waals surface area (Å²) in [6.45, 7) is 0.284. The summed E-state index contributed by atoms with van der Waals surface area (Å²) in [7, 11) is 1.33. The number of methoxy groups -OCH3 is 1. The van der Waals surface area contributed by atoms with Gasteiger partial charge in [0.2, 0.25) is 0 Å². The summed E-state index contributed by atoms with van der Waals surface area (Å²) in [5, 5.41) is 19.4. The molecule has 0 fully saturated rings. The first kappa shape index (κ1) is 15.1. The van der Waals surface area contributed by atoms with Gasteiger partial charge in [0, 0.05) is 6.54 Å². The number of carbonyl (C=O) groups is 2. The standard InChI is InChI=1S/C16H16N2O5/c1-23-16(22)9-6-7-11-13(15(20)21)17-14(18(11)8-9)10-4-2-3-5-12(10)19/h2-5,9,19H,6-8H2,1H3,(H,20,21). The van der Waals surface area contributed by atoms with Crippen LogP contribution >= 0.6 is 0 Å². The number of phenols is 1. The Bertz CT molecular complexity index is 781. The average Bonchev–Trinajstić information content (AvgIpc) is 2.93. The van der Waals surface area contributed by atoms with Crippen LogP contribution in [0.1, 0.15) is 22.6 Å². The Labute approximate surface area is 132 Å². The van der Waals surface area contributed by atoms with Crippen LogP contribution in [0.5, 0.6) is 5.75 Å². The zero-order valence-electron chi connectivity index (χ0n) is 12.5. The number of hydrogen-bond acceptors (Lipinski definition) is 5. The number of rotatable bonds is 3. The van der Waals surface area contributed by atoms with Crippen LogP contribution in [0.25, 0.3) is 11.4 Å². The molecule has 2 N–H and O–H groups in total. The lowest BCUT2D eigenvalue weighted by Gasteiger charge is -2.24. The molecule has 0 aliphatic carbocycles. The quantitative estimate of drug-likeness (QED) is 0.836. The Morgan fingerprint density at radius 2 is 2.09 bits per heavy atom. The zero-order chi connectivity index (χ0) is 16.6. The van der Waals surface area contributed by atoms with E-state index in [1.807, 2.05) is 0 Å². The molecule has 2 aromatic rings. The predicted octanol–water partition coefficient (Wildman–Crippen LogP) is 1.69. The second-order valence-corrected chi connectivity index (χ2v) is 5.42. The fourth-order valence-electron chi connectivity index (χ4n) is 2.96. The van der Waals surface area contributed by atoms with Gasteiger partial charge in [-0.05, 0) is 25.0 Å². The van der Waals surface area contributed by atoms with E-state index in [0.29, 0.717) is 29.9 Å². The molecule has 7 heteroatoms. The number of carboxylic acids is 1. The van der Waals surface area contributed by atoms with E-state index in [1.165, 1.54) is 13.2 Å². The molecular formula is C16H16N2O5. The van der Waals surface area contributed by atoms with Gasteiger partial charge in [-0.1, -0.05) is 12.1 Å². The second-order valence-electron chi connectivity index (χ2n) is 5.42. The van der Waals surface area contributed by atoms with E-state index in [9.17, 15) is 19.8 Å². The highest BCUT2D eigenvalue weighted by atomic mass is 16.5. The molecule has 1 aromatic carbocycles. The molecular weight excluding hydrogens is 300 g/mol. The largest absolute Gasteiger partial charge is 0.507 e. The number of phenolic OH excluding ortho intramolecular Hbond substituents is 1. The van der Waals surface area contributed by atoms with Gasteiger partial charge in [-0.3, -0.25) is 4.79 Å². The van der Waals surface area contributed by atoms with Crippen LogP contribution < -0.4 is 0 Å². The Morgan fingerprint density at radius 1 is 1.35 bits per heavy atom. The number of ether oxygens (including phenoxy) is 1. The first-order valence-corrected chi connectivity index (χ1v) is 7.21. The third kappa shape index (κ3) is 2.54. The van der Waals surface area contributed by atoms with Gasteiger partial charge in [-0.25, -0.2) is 9.78 Å². The highest BCUT2D eigenvalue weighted by molar-refractivity contribution is 5.88. The summed E-state index contributed by atoms with van der Waals surface area (Å²) in [6.07, 6.45) is 0.931. The minimum atomic E-state index is -1.12. The number of esters is 1. The number of carboxylic acid groups (broad SMARTS) is 1. The maximum absolute atomic E-state index is 11.8. The van der Waals surface area contributed by atoms with Gasteiger partial charge in [-0.15, -0.1) is 0 Å². The number of aromatic carboxylic acids is 1. The van der Waals surface area contributed by atoms with Crippen LogP contribution in [-0.4, -0.2) is 38.8 Å². The number of benzene rings is 1. The Hall–Kier alpha value is -2.83. The number of carbonyl (C=O) groups excluding carboxylic acids is 1. The number of hydrogen-bond donors (Lipinski definition) is 2. The van der Waals surface area contributed by atoms with E-state index in [4.69, 9.17) is 4.74 Å².